The van der Waals surface area contributed by atoms with E-state index in [0.717, 1.165) is 20.1 Å². The van der Waals surface area contributed by atoms with Gasteiger partial charge in [-0.2, -0.15) is 0 Å². The van der Waals surface area contributed by atoms with Crippen LogP contribution in [0.1, 0.15) is 55.9 Å². The van der Waals surface area contributed by atoms with Crippen molar-refractivity contribution in [1.82, 2.24) is 0 Å². The van der Waals surface area contributed by atoms with E-state index in [-0.39, 0.29) is 6.10 Å². The maximum Gasteiger partial charge on any atom is 0.107 e. The first kappa shape index (κ1) is 13.9. The molecular weight excluding hydrogens is 320 g/mol. The highest BCUT2D eigenvalue weighted by Crippen LogP contribution is 2.38. The van der Waals surface area contributed by atoms with Gasteiger partial charge in [-0.1, -0.05) is 50.1 Å². The molecule has 1 fully saturated rings. The van der Waals surface area contributed by atoms with Crippen LogP contribution in [0.3, 0.4) is 0 Å². The Morgan fingerprint density at radius 1 is 1.35 bits per heavy atom. The Morgan fingerprint density at radius 3 is 2.53 bits per heavy atom. The number of hydrogen-bond acceptors (Lipinski definition) is 2. The Bertz CT molecular complexity index is 339. The van der Waals surface area contributed by atoms with Gasteiger partial charge in [-0.25, -0.2) is 0 Å². The van der Waals surface area contributed by atoms with Gasteiger partial charge in [-0.05, 0) is 34.3 Å². The molecule has 0 saturated heterocycles. The van der Waals surface area contributed by atoms with Crippen LogP contribution in [0.2, 0.25) is 4.34 Å². The number of aliphatic hydroxyl groups excluding tert-OH is 1. The highest BCUT2D eigenvalue weighted by molar-refractivity contribution is 9.10. The molecule has 17 heavy (non-hydrogen) atoms. The van der Waals surface area contributed by atoms with Crippen molar-refractivity contribution in [1.29, 1.82) is 0 Å². The van der Waals surface area contributed by atoms with Gasteiger partial charge in [0.1, 0.15) is 4.34 Å². The van der Waals surface area contributed by atoms with E-state index in [2.05, 4.69) is 15.9 Å². The van der Waals surface area contributed by atoms with E-state index in [1.165, 1.54) is 49.9 Å². The maximum absolute atomic E-state index is 10.2. The lowest BCUT2D eigenvalue weighted by molar-refractivity contribution is 0.142. The van der Waals surface area contributed by atoms with Crippen LogP contribution in [0.4, 0.5) is 0 Å². The van der Waals surface area contributed by atoms with Gasteiger partial charge < -0.3 is 5.11 Å². The molecule has 0 aliphatic heterocycles. The van der Waals surface area contributed by atoms with Crippen molar-refractivity contribution in [2.24, 2.45) is 5.92 Å². The fourth-order valence-electron chi connectivity index (χ4n) is 2.56. The van der Waals surface area contributed by atoms with Crippen molar-refractivity contribution in [2.45, 2.75) is 51.0 Å². The van der Waals surface area contributed by atoms with Crippen LogP contribution in [0.15, 0.2) is 10.5 Å². The minimum atomic E-state index is -0.341. The molecule has 1 aliphatic rings. The summed E-state index contributed by atoms with van der Waals surface area (Å²) in [4.78, 5) is 0.992. The summed E-state index contributed by atoms with van der Waals surface area (Å²) < 4.78 is 1.64. The summed E-state index contributed by atoms with van der Waals surface area (Å²) in [5.74, 6) is 0.687. The van der Waals surface area contributed by atoms with E-state index in [1.807, 2.05) is 6.07 Å². The first-order valence-corrected chi connectivity index (χ1v) is 8.28. The van der Waals surface area contributed by atoms with Gasteiger partial charge in [-0.3, -0.25) is 0 Å². The predicted molar refractivity (Wildman–Crippen MR) is 77.8 cm³/mol. The van der Waals surface area contributed by atoms with E-state index in [1.54, 1.807) is 0 Å². The third kappa shape index (κ3) is 3.95. The standard InChI is InChI=1S/C13H18BrClOS/c14-10-8-12(17-13(10)15)11(16)7-9-5-3-1-2-4-6-9/h8-9,11,16H,1-7H2. The van der Waals surface area contributed by atoms with Crippen molar-refractivity contribution in [2.75, 3.05) is 0 Å². The third-order valence-corrected chi connectivity index (χ3v) is 6.10. The zero-order valence-corrected chi connectivity index (χ0v) is 13.0. The van der Waals surface area contributed by atoms with Gasteiger partial charge in [0.05, 0.1) is 6.10 Å². The number of halogens is 2. The third-order valence-electron chi connectivity index (χ3n) is 3.52. The summed E-state index contributed by atoms with van der Waals surface area (Å²) in [5, 5.41) is 10.2. The Labute approximate surface area is 120 Å². The first-order valence-electron chi connectivity index (χ1n) is 6.29. The zero-order valence-electron chi connectivity index (χ0n) is 9.79. The summed E-state index contributed by atoms with van der Waals surface area (Å²) in [7, 11) is 0. The topological polar surface area (TPSA) is 20.2 Å². The highest BCUT2D eigenvalue weighted by Gasteiger charge is 2.19. The van der Waals surface area contributed by atoms with Gasteiger partial charge in [0, 0.05) is 9.35 Å². The maximum atomic E-state index is 10.2. The lowest BCUT2D eigenvalue weighted by Gasteiger charge is -2.17. The molecule has 0 radical (unpaired) electrons. The molecule has 0 amide bonds. The normalized spacial score (nSPS) is 20.2. The van der Waals surface area contributed by atoms with Crippen molar-refractivity contribution in [3.05, 3.63) is 19.8 Å². The molecule has 4 heteroatoms. The Kier molecular flexibility index (Phi) is 5.34. The molecule has 0 aromatic carbocycles. The van der Waals surface area contributed by atoms with E-state index >= 15 is 0 Å². The summed E-state index contributed by atoms with van der Waals surface area (Å²) in [6.45, 7) is 0. The summed E-state index contributed by atoms with van der Waals surface area (Å²) >= 11 is 10.9. The molecule has 1 unspecified atom stereocenters. The number of thiophene rings is 1. The summed E-state index contributed by atoms with van der Waals surface area (Å²) in [6, 6.07) is 1.95. The molecule has 1 aromatic heterocycles. The van der Waals surface area contributed by atoms with Crippen LogP contribution in [0.25, 0.3) is 0 Å². The van der Waals surface area contributed by atoms with Crippen molar-refractivity contribution < 1.29 is 5.11 Å². The summed E-state index contributed by atoms with van der Waals surface area (Å²) in [6.07, 6.45) is 8.48. The summed E-state index contributed by atoms with van der Waals surface area (Å²) in [5.41, 5.74) is 0. The van der Waals surface area contributed by atoms with Crippen LogP contribution < -0.4 is 0 Å². The monoisotopic (exact) mass is 336 g/mol. The van der Waals surface area contributed by atoms with Gasteiger partial charge in [0.25, 0.3) is 0 Å². The molecule has 1 nitrogen and oxygen atoms in total. The van der Waals surface area contributed by atoms with Crippen LogP contribution >= 0.6 is 38.9 Å². The molecular formula is C13H18BrClOS. The Hall–Kier alpha value is 0.430. The van der Waals surface area contributed by atoms with E-state index in [9.17, 15) is 5.11 Å². The molecule has 1 heterocycles. The Balaban J connectivity index is 1.93. The van der Waals surface area contributed by atoms with Crippen molar-refractivity contribution >= 4 is 38.9 Å². The molecule has 0 spiro atoms. The van der Waals surface area contributed by atoms with Crippen molar-refractivity contribution in [3.8, 4) is 0 Å². The zero-order chi connectivity index (χ0) is 12.3. The van der Waals surface area contributed by atoms with E-state index in [0.29, 0.717) is 5.92 Å². The van der Waals surface area contributed by atoms with Crippen molar-refractivity contribution in [3.63, 3.8) is 0 Å². The number of rotatable bonds is 3. The lowest BCUT2D eigenvalue weighted by Crippen LogP contribution is -2.05. The second kappa shape index (κ2) is 6.55. The fraction of sp³-hybridized carbons (Fsp3) is 0.692. The van der Waals surface area contributed by atoms with Gasteiger partial charge in [0.15, 0.2) is 0 Å². The SMILES string of the molecule is OC(CC1CCCCCC1)c1cc(Br)c(Cl)s1. The molecule has 96 valence electrons. The molecule has 1 aliphatic carbocycles. The van der Waals surface area contributed by atoms with E-state index in [4.69, 9.17) is 11.6 Å². The van der Waals surface area contributed by atoms with Crippen LogP contribution in [0.5, 0.6) is 0 Å². The van der Waals surface area contributed by atoms with Crippen LogP contribution in [0, 0.1) is 5.92 Å². The fourth-order valence-corrected chi connectivity index (χ4v) is 4.29. The smallest absolute Gasteiger partial charge is 0.107 e. The first-order chi connectivity index (χ1) is 8.16. The number of aliphatic hydroxyl groups is 1. The van der Waals surface area contributed by atoms with Gasteiger partial charge in [-0.15, -0.1) is 11.3 Å². The average molecular weight is 338 g/mol. The molecule has 2 rings (SSSR count). The predicted octanol–water partition coefficient (Wildman–Crippen LogP) is 5.56. The largest absolute Gasteiger partial charge is 0.388 e. The minimum Gasteiger partial charge on any atom is -0.388 e. The van der Waals surface area contributed by atoms with E-state index < -0.39 is 0 Å². The van der Waals surface area contributed by atoms with Crippen LogP contribution in [-0.2, 0) is 0 Å². The highest BCUT2D eigenvalue weighted by atomic mass is 79.9. The van der Waals surface area contributed by atoms with Gasteiger partial charge >= 0.3 is 0 Å². The minimum absolute atomic E-state index is 0.341. The molecule has 1 saturated carbocycles. The Morgan fingerprint density at radius 2 is 2.00 bits per heavy atom. The second-order valence-electron chi connectivity index (χ2n) is 4.88. The van der Waals surface area contributed by atoms with Crippen LogP contribution in [-0.4, -0.2) is 5.11 Å². The average Bonchev–Trinajstić information content (AvgIpc) is 2.54. The molecule has 1 aromatic rings. The molecule has 1 N–H and O–H groups in total. The lowest BCUT2D eigenvalue weighted by atomic mass is 9.93. The number of hydrogen-bond donors (Lipinski definition) is 1. The quantitative estimate of drug-likeness (QED) is 0.716. The molecule has 0 bridgehead atoms. The molecule has 1 atom stereocenters. The van der Waals surface area contributed by atoms with Gasteiger partial charge in [0.2, 0.25) is 0 Å². The second-order valence-corrected chi connectivity index (χ2v) is 7.42.